The summed E-state index contributed by atoms with van der Waals surface area (Å²) in [5.41, 5.74) is 2.63. The molecule has 264 valence electrons. The molecule has 15 heteroatoms. The van der Waals surface area contributed by atoms with Crippen LogP contribution < -0.4 is 5.32 Å². The number of hydrogen-bond donors (Lipinski definition) is 1. The van der Waals surface area contributed by atoms with Crippen molar-refractivity contribution in [3.63, 3.8) is 0 Å². The van der Waals surface area contributed by atoms with Gasteiger partial charge in [-0.1, -0.05) is 41.4 Å². The van der Waals surface area contributed by atoms with E-state index < -0.39 is 46.3 Å². The Morgan fingerprint density at radius 2 is 1.74 bits per heavy atom. The minimum Gasteiger partial charge on any atom is -0.464 e. The van der Waals surface area contributed by atoms with E-state index in [-0.39, 0.29) is 39.4 Å². The van der Waals surface area contributed by atoms with Crippen LogP contribution in [0.25, 0.3) is 11.0 Å². The SMILES string of the molecule is CC(C)OC(=O)OC(C)OC(=O)[C@H](Cc1cccc(S(C)(=O)=O)c1)NC(=O)c1c(Cl)cc2c(c1Cl)CCN(C(=O)c1ccc3ccoc3c1)C2. The third-order valence-electron chi connectivity index (χ3n) is 7.85. The van der Waals surface area contributed by atoms with E-state index in [1.54, 1.807) is 49.3 Å². The molecule has 0 saturated heterocycles. The summed E-state index contributed by atoms with van der Waals surface area (Å²) < 4.78 is 45.0. The van der Waals surface area contributed by atoms with E-state index in [9.17, 15) is 27.6 Å². The molecule has 2 amide bonds. The van der Waals surface area contributed by atoms with Crippen LogP contribution in [0, 0.1) is 0 Å². The summed E-state index contributed by atoms with van der Waals surface area (Å²) in [7, 11) is -3.58. The zero-order valence-corrected chi connectivity index (χ0v) is 29.9. The Morgan fingerprint density at radius 1 is 0.980 bits per heavy atom. The molecule has 0 radical (unpaired) electrons. The first-order chi connectivity index (χ1) is 23.6. The van der Waals surface area contributed by atoms with Crippen molar-refractivity contribution in [3.05, 3.63) is 98.7 Å². The first kappa shape index (κ1) is 36.7. The summed E-state index contributed by atoms with van der Waals surface area (Å²) in [5, 5.41) is 3.53. The summed E-state index contributed by atoms with van der Waals surface area (Å²) in [6, 6.07) is 13.1. The van der Waals surface area contributed by atoms with Crippen LogP contribution in [0.2, 0.25) is 10.0 Å². The zero-order chi connectivity index (χ0) is 36.3. The molecule has 4 aromatic rings. The third kappa shape index (κ3) is 8.58. The Labute approximate surface area is 298 Å². The number of amides is 2. The minimum absolute atomic E-state index is 0.0105. The second-order valence-electron chi connectivity index (χ2n) is 12.0. The van der Waals surface area contributed by atoms with E-state index in [1.165, 1.54) is 25.1 Å². The maximum atomic E-state index is 13.8. The lowest BCUT2D eigenvalue weighted by molar-refractivity contribution is -0.170. The summed E-state index contributed by atoms with van der Waals surface area (Å²) in [6.45, 7) is 5.03. The van der Waals surface area contributed by atoms with Crippen molar-refractivity contribution in [2.24, 2.45) is 0 Å². The van der Waals surface area contributed by atoms with Gasteiger partial charge in [0, 0.05) is 43.6 Å². The van der Waals surface area contributed by atoms with Gasteiger partial charge in [-0.2, -0.15) is 0 Å². The third-order valence-corrected chi connectivity index (χ3v) is 9.68. The van der Waals surface area contributed by atoms with Gasteiger partial charge in [-0.3, -0.25) is 9.59 Å². The van der Waals surface area contributed by atoms with Gasteiger partial charge in [-0.25, -0.2) is 18.0 Å². The molecule has 0 fully saturated rings. The quantitative estimate of drug-likeness (QED) is 0.148. The van der Waals surface area contributed by atoms with Crippen molar-refractivity contribution in [2.45, 2.75) is 63.5 Å². The number of hydrogen-bond acceptors (Lipinski definition) is 10. The lowest BCUT2D eigenvalue weighted by atomic mass is 9.95. The molecular weight excluding hydrogens is 711 g/mol. The minimum atomic E-state index is -3.58. The number of carbonyl (C=O) groups excluding carboxylic acids is 4. The van der Waals surface area contributed by atoms with Crippen LogP contribution in [0.3, 0.4) is 0 Å². The highest BCUT2D eigenvalue weighted by atomic mass is 35.5. The van der Waals surface area contributed by atoms with Gasteiger partial charge in [0.05, 0.1) is 32.9 Å². The highest BCUT2D eigenvalue weighted by Gasteiger charge is 2.31. The van der Waals surface area contributed by atoms with Gasteiger partial charge in [0.2, 0.25) is 6.29 Å². The second kappa shape index (κ2) is 15.1. The van der Waals surface area contributed by atoms with E-state index in [2.05, 4.69) is 5.32 Å². The molecule has 1 unspecified atom stereocenters. The Balaban J connectivity index is 1.37. The van der Waals surface area contributed by atoms with Crippen molar-refractivity contribution in [1.29, 1.82) is 0 Å². The molecule has 2 atom stereocenters. The number of ether oxygens (including phenoxy) is 3. The largest absolute Gasteiger partial charge is 0.511 e. The fraction of sp³-hybridized carbons (Fsp3) is 0.314. The van der Waals surface area contributed by atoms with Crippen molar-refractivity contribution in [3.8, 4) is 0 Å². The van der Waals surface area contributed by atoms with Gasteiger partial charge < -0.3 is 28.8 Å². The standard InChI is InChI=1S/C35H34Cl2N2O10S/c1-19(2)47-35(43)49-20(3)48-34(42)28(15-21-6-5-7-25(14-21)50(4,44)45)38-32(40)30-27(36)16-24-18-39(12-10-26(24)31(30)37)33(41)23-9-8-22-11-13-46-29(22)17-23/h5-9,11,13-14,16-17,19-20,28H,10,12,15,18H2,1-4H3,(H,38,40)/t20?,28-/m0/s1. The van der Waals surface area contributed by atoms with E-state index in [1.807, 2.05) is 12.1 Å². The zero-order valence-electron chi connectivity index (χ0n) is 27.5. The summed E-state index contributed by atoms with van der Waals surface area (Å²) in [4.78, 5) is 54.1. The summed E-state index contributed by atoms with van der Waals surface area (Å²) in [6.07, 6.45) is -0.206. The van der Waals surface area contributed by atoms with Crippen LogP contribution in [-0.4, -0.2) is 68.5 Å². The number of sulfone groups is 1. The molecule has 3 aromatic carbocycles. The van der Waals surface area contributed by atoms with Crippen LogP contribution in [0.5, 0.6) is 0 Å². The van der Waals surface area contributed by atoms with Crippen LogP contribution in [-0.2, 0) is 48.2 Å². The highest BCUT2D eigenvalue weighted by Crippen LogP contribution is 2.35. The number of halogens is 2. The van der Waals surface area contributed by atoms with Crippen LogP contribution >= 0.6 is 23.2 Å². The summed E-state index contributed by atoms with van der Waals surface area (Å²) >= 11 is 13.4. The number of fused-ring (bicyclic) bond motifs is 2. The second-order valence-corrected chi connectivity index (χ2v) is 14.8. The van der Waals surface area contributed by atoms with Crippen molar-refractivity contribution in [2.75, 3.05) is 12.8 Å². The highest BCUT2D eigenvalue weighted by molar-refractivity contribution is 7.90. The van der Waals surface area contributed by atoms with E-state index in [0.717, 1.165) is 11.6 Å². The number of carbonyl (C=O) groups is 4. The van der Waals surface area contributed by atoms with Crippen molar-refractivity contribution < 1.29 is 46.2 Å². The normalized spacial score (nSPS) is 14.1. The molecule has 12 nitrogen and oxygen atoms in total. The van der Waals surface area contributed by atoms with Crippen molar-refractivity contribution >= 4 is 67.9 Å². The molecule has 5 rings (SSSR count). The van der Waals surface area contributed by atoms with E-state index in [4.69, 9.17) is 41.8 Å². The maximum absolute atomic E-state index is 13.8. The molecule has 2 heterocycles. The van der Waals surface area contributed by atoms with Gasteiger partial charge in [0.15, 0.2) is 9.84 Å². The molecule has 0 bridgehead atoms. The van der Waals surface area contributed by atoms with Gasteiger partial charge >= 0.3 is 12.1 Å². The maximum Gasteiger partial charge on any atom is 0.511 e. The Morgan fingerprint density at radius 3 is 2.46 bits per heavy atom. The van der Waals surface area contributed by atoms with Gasteiger partial charge in [-0.05, 0) is 73.4 Å². The topological polar surface area (TPSA) is 159 Å². The predicted molar refractivity (Wildman–Crippen MR) is 184 cm³/mol. The molecule has 0 aliphatic carbocycles. The molecule has 0 spiro atoms. The molecular formula is C35H34Cl2N2O10S. The average molecular weight is 746 g/mol. The number of nitrogens with zero attached hydrogens (tertiary/aromatic N) is 1. The molecule has 1 aromatic heterocycles. The molecule has 1 aliphatic rings. The van der Waals surface area contributed by atoms with Crippen molar-refractivity contribution in [1.82, 2.24) is 10.2 Å². The Hall–Kier alpha value is -4.59. The lowest BCUT2D eigenvalue weighted by Crippen LogP contribution is -2.45. The van der Waals surface area contributed by atoms with Crippen LogP contribution in [0.15, 0.2) is 70.2 Å². The smallest absolute Gasteiger partial charge is 0.464 e. The number of benzene rings is 3. The fourth-order valence-electron chi connectivity index (χ4n) is 5.49. The van der Waals surface area contributed by atoms with Crippen LogP contribution in [0.1, 0.15) is 58.2 Å². The molecule has 1 N–H and O–H groups in total. The number of nitrogens with one attached hydrogen (secondary N) is 1. The van der Waals surface area contributed by atoms with Gasteiger partial charge in [0.1, 0.15) is 11.6 Å². The average Bonchev–Trinajstić information content (AvgIpc) is 3.51. The first-order valence-electron chi connectivity index (χ1n) is 15.5. The fourth-order valence-corrected chi connectivity index (χ4v) is 6.95. The first-order valence-corrected chi connectivity index (χ1v) is 18.2. The summed E-state index contributed by atoms with van der Waals surface area (Å²) in [5.74, 6) is -2.00. The number of rotatable bonds is 10. The molecule has 1 aliphatic heterocycles. The number of furan rings is 1. The van der Waals surface area contributed by atoms with Gasteiger partial charge in [-0.15, -0.1) is 0 Å². The molecule has 50 heavy (non-hydrogen) atoms. The van der Waals surface area contributed by atoms with Gasteiger partial charge in [0.25, 0.3) is 11.8 Å². The molecule has 0 saturated carbocycles. The predicted octanol–water partition coefficient (Wildman–Crippen LogP) is 6.13. The monoisotopic (exact) mass is 744 g/mol. The Kier molecular flexibility index (Phi) is 11.1. The van der Waals surface area contributed by atoms with Crippen LogP contribution in [0.4, 0.5) is 4.79 Å². The lowest BCUT2D eigenvalue weighted by Gasteiger charge is -2.30. The van der Waals surface area contributed by atoms with E-state index >= 15 is 0 Å². The number of esters is 1. The Bertz CT molecular complexity index is 2080. The van der Waals surface area contributed by atoms with E-state index in [0.29, 0.717) is 40.8 Å².